The summed E-state index contributed by atoms with van der Waals surface area (Å²) < 4.78 is 0.626. The molecule has 0 radical (unpaired) electrons. The van der Waals surface area contributed by atoms with Crippen LogP contribution >= 0.6 is 15.9 Å². The standard InChI is InChI=1S/C12H15BrN2O3/c1-4-9(16)7-14(3)12-10(13)5-8(2)6-11(12)15(17)18/h5-6H,4,7H2,1-3H3. The van der Waals surface area contributed by atoms with Gasteiger partial charge in [-0.25, -0.2) is 0 Å². The van der Waals surface area contributed by atoms with E-state index < -0.39 is 4.92 Å². The van der Waals surface area contributed by atoms with E-state index in [9.17, 15) is 14.9 Å². The summed E-state index contributed by atoms with van der Waals surface area (Å²) in [6, 6.07) is 3.31. The number of halogens is 1. The lowest BCUT2D eigenvalue weighted by molar-refractivity contribution is -0.384. The van der Waals surface area contributed by atoms with Gasteiger partial charge >= 0.3 is 0 Å². The lowest BCUT2D eigenvalue weighted by atomic mass is 10.1. The lowest BCUT2D eigenvalue weighted by Gasteiger charge is -2.19. The van der Waals surface area contributed by atoms with Gasteiger partial charge in [0.1, 0.15) is 5.69 Å². The fraction of sp³-hybridized carbons (Fsp3) is 0.417. The van der Waals surface area contributed by atoms with Gasteiger partial charge in [0.25, 0.3) is 5.69 Å². The van der Waals surface area contributed by atoms with Crippen molar-refractivity contribution in [1.82, 2.24) is 0 Å². The van der Waals surface area contributed by atoms with Gasteiger partial charge in [0.15, 0.2) is 5.78 Å². The third-order valence-corrected chi connectivity index (χ3v) is 3.18. The molecule has 1 aromatic carbocycles. The van der Waals surface area contributed by atoms with Gasteiger partial charge in [-0.2, -0.15) is 0 Å². The highest BCUT2D eigenvalue weighted by Crippen LogP contribution is 2.36. The minimum atomic E-state index is -0.431. The molecule has 0 aliphatic heterocycles. The Morgan fingerprint density at radius 2 is 2.11 bits per heavy atom. The smallest absolute Gasteiger partial charge is 0.293 e. The molecule has 5 nitrogen and oxygen atoms in total. The Labute approximate surface area is 114 Å². The van der Waals surface area contributed by atoms with E-state index in [0.717, 1.165) is 5.56 Å². The topological polar surface area (TPSA) is 63.5 Å². The predicted octanol–water partition coefficient (Wildman–Crippen LogP) is 3.08. The van der Waals surface area contributed by atoms with Crippen LogP contribution in [-0.2, 0) is 4.79 Å². The van der Waals surface area contributed by atoms with Crippen molar-refractivity contribution in [3.8, 4) is 0 Å². The Balaban J connectivity index is 3.21. The molecule has 0 bridgehead atoms. The number of rotatable bonds is 5. The Hall–Kier alpha value is -1.43. The van der Waals surface area contributed by atoms with E-state index in [2.05, 4.69) is 15.9 Å². The van der Waals surface area contributed by atoms with Gasteiger partial charge in [-0.05, 0) is 34.5 Å². The summed E-state index contributed by atoms with van der Waals surface area (Å²) in [5, 5.41) is 11.1. The summed E-state index contributed by atoms with van der Waals surface area (Å²) in [6.45, 7) is 3.73. The Bertz CT molecular complexity index is 488. The average molecular weight is 315 g/mol. The molecule has 6 heteroatoms. The van der Waals surface area contributed by atoms with E-state index in [1.807, 2.05) is 0 Å². The zero-order chi connectivity index (χ0) is 13.9. The summed E-state index contributed by atoms with van der Waals surface area (Å²) in [7, 11) is 1.68. The predicted molar refractivity (Wildman–Crippen MR) is 74.1 cm³/mol. The minimum Gasteiger partial charge on any atom is -0.361 e. The molecule has 18 heavy (non-hydrogen) atoms. The van der Waals surface area contributed by atoms with Gasteiger partial charge in [0, 0.05) is 24.0 Å². The highest BCUT2D eigenvalue weighted by atomic mass is 79.9. The minimum absolute atomic E-state index is 0.00766. The van der Waals surface area contributed by atoms with E-state index in [4.69, 9.17) is 0 Å². The molecule has 0 atom stereocenters. The zero-order valence-electron chi connectivity index (χ0n) is 10.6. The molecule has 0 heterocycles. The second-order valence-electron chi connectivity index (χ2n) is 4.12. The number of hydrogen-bond donors (Lipinski definition) is 0. The van der Waals surface area contributed by atoms with Crippen molar-refractivity contribution in [3.05, 3.63) is 32.3 Å². The number of aryl methyl sites for hydroxylation is 1. The number of benzene rings is 1. The van der Waals surface area contributed by atoms with Crippen LogP contribution in [-0.4, -0.2) is 24.3 Å². The van der Waals surface area contributed by atoms with Gasteiger partial charge in [0.05, 0.1) is 11.5 Å². The van der Waals surface area contributed by atoms with Crippen molar-refractivity contribution in [2.45, 2.75) is 20.3 Å². The number of likely N-dealkylation sites (N-methyl/N-ethyl adjacent to an activating group) is 1. The summed E-state index contributed by atoms with van der Waals surface area (Å²) in [6.07, 6.45) is 0.418. The molecule has 98 valence electrons. The SMILES string of the molecule is CCC(=O)CN(C)c1c(Br)cc(C)cc1[N+](=O)[O-]. The first-order valence-corrected chi connectivity index (χ1v) is 6.33. The second kappa shape index (κ2) is 5.95. The number of hydrogen-bond acceptors (Lipinski definition) is 4. The number of carbonyl (C=O) groups is 1. The van der Waals surface area contributed by atoms with Gasteiger partial charge in [-0.1, -0.05) is 6.92 Å². The largest absolute Gasteiger partial charge is 0.361 e. The average Bonchev–Trinajstić information content (AvgIpc) is 2.27. The Morgan fingerprint density at radius 1 is 1.50 bits per heavy atom. The van der Waals surface area contributed by atoms with Crippen LogP contribution in [0.1, 0.15) is 18.9 Å². The van der Waals surface area contributed by atoms with Crippen LogP contribution in [0.5, 0.6) is 0 Å². The normalized spacial score (nSPS) is 10.2. The first kappa shape index (κ1) is 14.6. The summed E-state index contributed by atoms with van der Waals surface area (Å²) in [4.78, 5) is 23.7. The monoisotopic (exact) mass is 314 g/mol. The summed E-state index contributed by atoms with van der Waals surface area (Å²) in [5.41, 5.74) is 1.24. The first-order valence-electron chi connectivity index (χ1n) is 5.54. The van der Waals surface area contributed by atoms with Crippen molar-refractivity contribution in [3.63, 3.8) is 0 Å². The second-order valence-corrected chi connectivity index (χ2v) is 4.97. The molecule has 1 aromatic rings. The van der Waals surface area contributed by atoms with Crippen LogP contribution in [0.4, 0.5) is 11.4 Å². The molecule has 0 spiro atoms. The molecule has 0 aliphatic rings. The van der Waals surface area contributed by atoms with Crippen LogP contribution < -0.4 is 4.90 Å². The van der Waals surface area contributed by atoms with E-state index in [1.165, 1.54) is 6.07 Å². The molecule has 0 N–H and O–H groups in total. The van der Waals surface area contributed by atoms with Gasteiger partial charge in [-0.15, -0.1) is 0 Å². The number of nitro groups is 1. The first-order chi connectivity index (χ1) is 8.36. The number of anilines is 1. The summed E-state index contributed by atoms with van der Waals surface area (Å²) in [5.74, 6) is 0.0410. The van der Waals surface area contributed by atoms with Crippen LogP contribution in [0.2, 0.25) is 0 Å². The molecule has 0 saturated carbocycles. The molecular formula is C12H15BrN2O3. The highest BCUT2D eigenvalue weighted by molar-refractivity contribution is 9.10. The van der Waals surface area contributed by atoms with Gasteiger partial charge in [0.2, 0.25) is 0 Å². The highest BCUT2D eigenvalue weighted by Gasteiger charge is 2.22. The number of Topliss-reactive ketones (excluding diaryl/α,β-unsaturated/α-hetero) is 1. The van der Waals surface area contributed by atoms with Crippen molar-refractivity contribution in [2.24, 2.45) is 0 Å². The molecule has 0 fully saturated rings. The fourth-order valence-corrected chi connectivity index (χ4v) is 2.56. The van der Waals surface area contributed by atoms with E-state index in [1.54, 1.807) is 31.9 Å². The van der Waals surface area contributed by atoms with Crippen molar-refractivity contribution in [1.29, 1.82) is 0 Å². The maximum Gasteiger partial charge on any atom is 0.293 e. The maximum atomic E-state index is 11.4. The fourth-order valence-electron chi connectivity index (χ4n) is 1.69. The van der Waals surface area contributed by atoms with Crippen molar-refractivity contribution < 1.29 is 9.72 Å². The molecule has 0 amide bonds. The third kappa shape index (κ3) is 3.29. The van der Waals surface area contributed by atoms with E-state index in [0.29, 0.717) is 16.6 Å². The number of nitro benzene ring substituents is 1. The Morgan fingerprint density at radius 3 is 2.61 bits per heavy atom. The van der Waals surface area contributed by atoms with Crippen LogP contribution in [0.15, 0.2) is 16.6 Å². The maximum absolute atomic E-state index is 11.4. The van der Waals surface area contributed by atoms with Crippen LogP contribution in [0, 0.1) is 17.0 Å². The van der Waals surface area contributed by atoms with Crippen LogP contribution in [0.3, 0.4) is 0 Å². The van der Waals surface area contributed by atoms with Crippen molar-refractivity contribution >= 4 is 33.1 Å². The Kier molecular flexibility index (Phi) is 4.84. The number of nitrogens with zero attached hydrogens (tertiary/aromatic N) is 2. The quantitative estimate of drug-likeness (QED) is 0.619. The zero-order valence-corrected chi connectivity index (χ0v) is 12.2. The summed E-state index contributed by atoms with van der Waals surface area (Å²) >= 11 is 3.32. The number of carbonyl (C=O) groups excluding carboxylic acids is 1. The molecule has 0 aliphatic carbocycles. The lowest BCUT2D eigenvalue weighted by Crippen LogP contribution is -2.26. The molecule has 0 unspecified atom stereocenters. The van der Waals surface area contributed by atoms with E-state index >= 15 is 0 Å². The molecular weight excluding hydrogens is 300 g/mol. The third-order valence-electron chi connectivity index (χ3n) is 2.57. The molecule has 0 aromatic heterocycles. The van der Waals surface area contributed by atoms with E-state index in [-0.39, 0.29) is 18.0 Å². The molecule has 1 rings (SSSR count). The van der Waals surface area contributed by atoms with Gasteiger partial charge < -0.3 is 4.90 Å². The van der Waals surface area contributed by atoms with Crippen LogP contribution in [0.25, 0.3) is 0 Å². The number of ketones is 1. The molecule has 0 saturated heterocycles. The van der Waals surface area contributed by atoms with Crippen molar-refractivity contribution in [2.75, 3.05) is 18.5 Å². The van der Waals surface area contributed by atoms with Gasteiger partial charge in [-0.3, -0.25) is 14.9 Å².